The predicted molar refractivity (Wildman–Crippen MR) is 69.3 cm³/mol. The van der Waals surface area contributed by atoms with Gasteiger partial charge in [0, 0.05) is 0 Å². The smallest absolute Gasteiger partial charge is 0.434 e. The van der Waals surface area contributed by atoms with Crippen LogP contribution >= 0.6 is 0 Å². The van der Waals surface area contributed by atoms with Crippen LogP contribution in [0.15, 0.2) is 0 Å². The van der Waals surface area contributed by atoms with Gasteiger partial charge in [0.1, 0.15) is 0 Å². The van der Waals surface area contributed by atoms with E-state index in [0.29, 0.717) is 32.7 Å². The highest BCUT2D eigenvalue weighted by Crippen LogP contribution is 2.22. The lowest BCUT2D eigenvalue weighted by Crippen LogP contribution is -2.54. The van der Waals surface area contributed by atoms with Crippen molar-refractivity contribution in [2.75, 3.05) is 26.3 Å². The molecule has 0 aromatic carbocycles. The average molecular weight is 284 g/mol. The third-order valence-electron chi connectivity index (χ3n) is 3.85. The van der Waals surface area contributed by atoms with Crippen molar-refractivity contribution in [3.63, 3.8) is 0 Å². The molecule has 110 valence electrons. The maximum absolute atomic E-state index is 11.5. The van der Waals surface area contributed by atoms with Gasteiger partial charge in [0.25, 0.3) is 0 Å². The van der Waals surface area contributed by atoms with Crippen LogP contribution in [0.25, 0.3) is 0 Å². The Kier molecular flexibility index (Phi) is 3.65. The standard InChI is InChI=1S/C12H18N4O4/c1-3-12(2,15-4-6-19-10(15)8(13)17)16-5-7-20-11(16)9(14)18/h3-7H2,1-2H3,(H2-2,13,14,17,18)/p+2. The highest BCUT2D eigenvalue weighted by molar-refractivity contribution is 6.33. The largest absolute Gasteiger partial charge is 0.435 e. The first-order valence-electron chi connectivity index (χ1n) is 6.56. The van der Waals surface area contributed by atoms with Gasteiger partial charge in [-0.25, -0.2) is 0 Å². The number of primary amides is 2. The first-order chi connectivity index (χ1) is 9.41. The van der Waals surface area contributed by atoms with Gasteiger partial charge < -0.3 is 20.9 Å². The SMILES string of the molecule is CCC(C)([N+]1=C(C(N)=O)OCC1)[N+]1=C(C(N)=O)OCC1. The van der Waals surface area contributed by atoms with Crippen molar-refractivity contribution in [2.24, 2.45) is 11.5 Å². The lowest BCUT2D eigenvalue weighted by atomic mass is 10.1. The van der Waals surface area contributed by atoms with E-state index >= 15 is 0 Å². The summed E-state index contributed by atoms with van der Waals surface area (Å²) in [6.07, 6.45) is 0.632. The molecule has 8 heteroatoms. The molecule has 2 heterocycles. The molecule has 0 aliphatic carbocycles. The second kappa shape index (κ2) is 5.10. The Hall–Kier alpha value is -2.12. The van der Waals surface area contributed by atoms with Gasteiger partial charge in [-0.05, 0) is 0 Å². The van der Waals surface area contributed by atoms with Crippen molar-refractivity contribution in [2.45, 2.75) is 25.9 Å². The molecule has 0 radical (unpaired) electrons. The molecule has 0 aromatic heterocycles. The number of hydrogen-bond acceptors (Lipinski definition) is 4. The Labute approximate surface area is 116 Å². The molecule has 4 N–H and O–H groups in total. The van der Waals surface area contributed by atoms with E-state index in [1.807, 2.05) is 13.8 Å². The van der Waals surface area contributed by atoms with Gasteiger partial charge in [0.2, 0.25) is 0 Å². The number of hydrogen-bond donors (Lipinski definition) is 2. The Morgan fingerprint density at radius 3 is 1.80 bits per heavy atom. The van der Waals surface area contributed by atoms with Crippen LogP contribution in [0, 0.1) is 0 Å². The zero-order chi connectivity index (χ0) is 14.9. The molecule has 0 bridgehead atoms. The van der Waals surface area contributed by atoms with Crippen LogP contribution in [0.1, 0.15) is 20.3 Å². The maximum Gasteiger partial charge on any atom is 0.435 e. The molecular formula is C12H20N4O4+2. The zero-order valence-corrected chi connectivity index (χ0v) is 11.7. The first-order valence-corrected chi connectivity index (χ1v) is 6.56. The van der Waals surface area contributed by atoms with Crippen molar-refractivity contribution in [3.05, 3.63) is 0 Å². The van der Waals surface area contributed by atoms with E-state index < -0.39 is 17.5 Å². The Morgan fingerprint density at radius 2 is 1.50 bits per heavy atom. The predicted octanol–water partition coefficient (Wildman–Crippen LogP) is -2.03. The number of ether oxygens (including phenoxy) is 2. The van der Waals surface area contributed by atoms with Gasteiger partial charge in [0.15, 0.2) is 26.3 Å². The number of carbonyl (C=O) groups excluding carboxylic acids is 2. The summed E-state index contributed by atoms with van der Waals surface area (Å²) < 4.78 is 14.2. The van der Waals surface area contributed by atoms with E-state index in [2.05, 4.69) is 0 Å². The molecule has 0 aromatic rings. The van der Waals surface area contributed by atoms with Crippen molar-refractivity contribution < 1.29 is 28.2 Å². The molecule has 8 nitrogen and oxygen atoms in total. The average Bonchev–Trinajstić information content (AvgIpc) is 3.06. The zero-order valence-electron chi connectivity index (χ0n) is 11.7. The van der Waals surface area contributed by atoms with Gasteiger partial charge in [-0.1, -0.05) is 6.92 Å². The molecule has 2 amide bonds. The van der Waals surface area contributed by atoms with E-state index in [-0.39, 0.29) is 11.8 Å². The van der Waals surface area contributed by atoms with Crippen molar-refractivity contribution >= 4 is 23.6 Å². The van der Waals surface area contributed by atoms with Gasteiger partial charge >= 0.3 is 29.3 Å². The molecule has 0 spiro atoms. The summed E-state index contributed by atoms with van der Waals surface area (Å²) in [7, 11) is 0. The van der Waals surface area contributed by atoms with Crippen LogP contribution in [0.5, 0.6) is 0 Å². The summed E-state index contributed by atoms with van der Waals surface area (Å²) in [4.78, 5) is 23.0. The molecule has 0 atom stereocenters. The van der Waals surface area contributed by atoms with Crippen LogP contribution < -0.4 is 11.5 Å². The molecule has 0 unspecified atom stereocenters. The summed E-state index contributed by atoms with van der Waals surface area (Å²) >= 11 is 0. The van der Waals surface area contributed by atoms with Gasteiger partial charge in [0.05, 0.1) is 13.3 Å². The van der Waals surface area contributed by atoms with Crippen LogP contribution in [0.3, 0.4) is 0 Å². The molecule has 2 aliphatic heterocycles. The van der Waals surface area contributed by atoms with Crippen LogP contribution in [0.2, 0.25) is 0 Å². The van der Waals surface area contributed by atoms with Gasteiger partial charge in [-0.2, -0.15) is 0 Å². The Morgan fingerprint density at radius 1 is 1.10 bits per heavy atom. The highest BCUT2D eigenvalue weighted by Gasteiger charge is 2.55. The summed E-state index contributed by atoms with van der Waals surface area (Å²) in [5.41, 5.74) is 10.0. The second-order valence-electron chi connectivity index (χ2n) is 4.91. The number of amides is 2. The summed E-state index contributed by atoms with van der Waals surface area (Å²) in [5.74, 6) is -1.01. The number of rotatable bonds is 5. The van der Waals surface area contributed by atoms with E-state index in [4.69, 9.17) is 20.9 Å². The summed E-state index contributed by atoms with van der Waals surface area (Å²) in [6, 6.07) is 0. The quantitative estimate of drug-likeness (QED) is 0.567. The lowest BCUT2D eigenvalue weighted by molar-refractivity contribution is -0.818. The monoisotopic (exact) mass is 284 g/mol. The van der Waals surface area contributed by atoms with Crippen LogP contribution in [0.4, 0.5) is 0 Å². The third-order valence-corrected chi connectivity index (χ3v) is 3.85. The minimum atomic E-state index is -0.651. The lowest BCUT2D eigenvalue weighted by Gasteiger charge is -2.19. The fourth-order valence-corrected chi connectivity index (χ4v) is 2.68. The number of carbonyl (C=O) groups is 2. The summed E-state index contributed by atoms with van der Waals surface area (Å²) in [6.45, 7) is 5.66. The van der Waals surface area contributed by atoms with Crippen LogP contribution in [-0.4, -0.2) is 64.7 Å². The van der Waals surface area contributed by atoms with Crippen LogP contribution in [-0.2, 0) is 19.1 Å². The molecule has 0 fully saturated rings. The highest BCUT2D eigenvalue weighted by atomic mass is 16.5. The van der Waals surface area contributed by atoms with Crippen molar-refractivity contribution in [3.8, 4) is 0 Å². The maximum atomic E-state index is 11.5. The van der Waals surface area contributed by atoms with E-state index in [1.54, 1.807) is 9.15 Å². The minimum absolute atomic E-state index is 0.116. The Bertz CT molecular complexity index is 482. The fraction of sp³-hybridized carbons (Fsp3) is 0.667. The second-order valence-corrected chi connectivity index (χ2v) is 4.91. The van der Waals surface area contributed by atoms with Gasteiger partial charge in [-0.3, -0.25) is 9.59 Å². The van der Waals surface area contributed by atoms with E-state index in [0.717, 1.165) is 0 Å². The normalized spacial score (nSPS) is 19.1. The molecule has 2 aliphatic rings. The topological polar surface area (TPSA) is 111 Å². The molecule has 0 saturated heterocycles. The number of nitrogens with two attached hydrogens (primary N) is 2. The van der Waals surface area contributed by atoms with E-state index in [1.165, 1.54) is 0 Å². The minimum Gasteiger partial charge on any atom is -0.434 e. The van der Waals surface area contributed by atoms with Crippen molar-refractivity contribution in [1.29, 1.82) is 0 Å². The molecule has 0 saturated carbocycles. The third kappa shape index (κ3) is 2.10. The summed E-state index contributed by atoms with van der Waals surface area (Å²) in [5, 5.41) is 0. The van der Waals surface area contributed by atoms with Crippen molar-refractivity contribution in [1.82, 2.24) is 0 Å². The molecule has 2 rings (SSSR count). The molecular weight excluding hydrogens is 264 g/mol. The molecule has 20 heavy (non-hydrogen) atoms. The van der Waals surface area contributed by atoms with E-state index in [9.17, 15) is 9.59 Å². The van der Waals surface area contributed by atoms with Gasteiger partial charge in [-0.15, -0.1) is 9.15 Å². The first kappa shape index (κ1) is 14.3. The fourth-order valence-electron chi connectivity index (χ4n) is 2.68. The number of nitrogens with zero attached hydrogens (tertiary/aromatic N) is 2. The Balaban J connectivity index is 2.55.